The van der Waals surface area contributed by atoms with Crippen molar-refractivity contribution in [3.8, 4) is 17.9 Å². The van der Waals surface area contributed by atoms with Gasteiger partial charge in [-0.15, -0.1) is 0 Å². The highest BCUT2D eigenvalue weighted by atomic mass is 79.9. The van der Waals surface area contributed by atoms with Gasteiger partial charge in [0.05, 0.1) is 5.69 Å². The highest BCUT2D eigenvalue weighted by molar-refractivity contribution is 9.11. The second-order valence-electron chi connectivity index (χ2n) is 3.07. The smallest absolute Gasteiger partial charge is 0.387 e. The fourth-order valence-corrected chi connectivity index (χ4v) is 2.41. The van der Waals surface area contributed by atoms with Gasteiger partial charge in [-0.3, -0.25) is 0 Å². The molecule has 0 amide bonds. The maximum atomic E-state index is 12.3. The molecule has 0 aliphatic carbocycles. The predicted octanol–water partition coefficient (Wildman–Crippen LogP) is 4.16. The van der Waals surface area contributed by atoms with E-state index >= 15 is 0 Å². The number of rotatable bonds is 4. The van der Waals surface area contributed by atoms with E-state index in [1.54, 1.807) is 18.2 Å². The molecule has 4 nitrogen and oxygen atoms in total. The van der Waals surface area contributed by atoms with Gasteiger partial charge in [0.1, 0.15) is 17.7 Å². The predicted molar refractivity (Wildman–Crippen MR) is 71.4 cm³/mol. The fraction of sp³-hybridized carbons (Fsp3) is 0.0909. The summed E-state index contributed by atoms with van der Waals surface area (Å²) in [6.07, 6.45) is 1.10. The molecular formula is C11H5Br2F2N3O. The van der Waals surface area contributed by atoms with E-state index in [0.29, 0.717) is 8.95 Å². The number of alkyl halides is 2. The number of nitrogens with one attached hydrogen (secondary N) is 1. The van der Waals surface area contributed by atoms with Crippen molar-refractivity contribution in [2.75, 3.05) is 5.32 Å². The normalized spacial score (nSPS) is 9.42. The molecule has 0 bridgehead atoms. The first-order chi connectivity index (χ1) is 8.97. The van der Waals surface area contributed by atoms with Crippen molar-refractivity contribution in [1.29, 1.82) is 10.5 Å². The number of ether oxygens (including phenoxy) is 1. The van der Waals surface area contributed by atoms with Gasteiger partial charge >= 0.3 is 6.61 Å². The van der Waals surface area contributed by atoms with Crippen LogP contribution in [0, 0.1) is 22.7 Å². The lowest BCUT2D eigenvalue weighted by Crippen LogP contribution is -2.05. The highest BCUT2D eigenvalue weighted by Crippen LogP contribution is 2.37. The average molecular weight is 393 g/mol. The third-order valence-electron chi connectivity index (χ3n) is 1.84. The minimum atomic E-state index is -2.99. The van der Waals surface area contributed by atoms with Gasteiger partial charge in [-0.2, -0.15) is 19.3 Å². The monoisotopic (exact) mass is 391 g/mol. The van der Waals surface area contributed by atoms with Crippen LogP contribution in [0.3, 0.4) is 0 Å². The van der Waals surface area contributed by atoms with Crippen LogP contribution in [0.4, 0.5) is 14.5 Å². The minimum absolute atomic E-state index is 0.122. The molecule has 98 valence electrons. The van der Waals surface area contributed by atoms with Crippen molar-refractivity contribution in [2.24, 2.45) is 0 Å². The van der Waals surface area contributed by atoms with Crippen LogP contribution in [-0.2, 0) is 0 Å². The highest BCUT2D eigenvalue weighted by Gasteiger charge is 2.13. The van der Waals surface area contributed by atoms with Gasteiger partial charge in [0.2, 0.25) is 0 Å². The van der Waals surface area contributed by atoms with Crippen molar-refractivity contribution < 1.29 is 13.5 Å². The summed E-state index contributed by atoms with van der Waals surface area (Å²) < 4.78 is 29.9. The molecule has 0 fully saturated rings. The molecule has 1 aromatic rings. The third kappa shape index (κ3) is 4.51. The quantitative estimate of drug-likeness (QED) is 0.781. The van der Waals surface area contributed by atoms with Gasteiger partial charge in [-0.25, -0.2) is 0 Å². The van der Waals surface area contributed by atoms with Crippen LogP contribution >= 0.6 is 31.9 Å². The fourth-order valence-electron chi connectivity index (χ4n) is 1.11. The lowest BCUT2D eigenvalue weighted by molar-refractivity contribution is -0.0494. The summed E-state index contributed by atoms with van der Waals surface area (Å²) in [6.45, 7) is -2.99. The van der Waals surface area contributed by atoms with E-state index in [0.717, 1.165) is 6.20 Å². The van der Waals surface area contributed by atoms with E-state index < -0.39 is 6.61 Å². The first-order valence-electron chi connectivity index (χ1n) is 4.68. The van der Waals surface area contributed by atoms with Gasteiger partial charge in [0, 0.05) is 15.1 Å². The van der Waals surface area contributed by atoms with Crippen LogP contribution in [0.5, 0.6) is 5.75 Å². The van der Waals surface area contributed by atoms with Crippen molar-refractivity contribution >= 4 is 37.5 Å². The number of nitrogens with zero attached hydrogens (tertiary/aromatic N) is 2. The molecule has 0 aliphatic heterocycles. The Labute approximate surface area is 124 Å². The van der Waals surface area contributed by atoms with Crippen LogP contribution in [0.15, 0.2) is 32.9 Å². The van der Waals surface area contributed by atoms with E-state index in [2.05, 4.69) is 41.9 Å². The molecule has 0 saturated heterocycles. The number of benzene rings is 1. The summed E-state index contributed by atoms with van der Waals surface area (Å²) in [5.74, 6) is -0.122. The minimum Gasteiger partial charge on any atom is -0.433 e. The first-order valence-corrected chi connectivity index (χ1v) is 6.27. The van der Waals surface area contributed by atoms with Gasteiger partial charge in [0.25, 0.3) is 0 Å². The van der Waals surface area contributed by atoms with E-state index in [1.165, 1.54) is 6.07 Å². The Balaban J connectivity index is 3.16. The van der Waals surface area contributed by atoms with Crippen molar-refractivity contribution in [2.45, 2.75) is 6.61 Å². The summed E-state index contributed by atoms with van der Waals surface area (Å²) >= 11 is 6.31. The average Bonchev–Trinajstić information content (AvgIpc) is 2.32. The summed E-state index contributed by atoms with van der Waals surface area (Å²) in [5.41, 5.74) is -0.00989. The van der Waals surface area contributed by atoms with Crippen LogP contribution in [0.25, 0.3) is 0 Å². The van der Waals surface area contributed by atoms with E-state index in [-0.39, 0.29) is 17.0 Å². The number of halogens is 4. The maximum Gasteiger partial charge on any atom is 0.387 e. The zero-order valence-corrected chi connectivity index (χ0v) is 12.3. The van der Waals surface area contributed by atoms with Crippen LogP contribution in [0.1, 0.15) is 0 Å². The van der Waals surface area contributed by atoms with Gasteiger partial charge in [-0.1, -0.05) is 15.9 Å². The third-order valence-corrected chi connectivity index (χ3v) is 2.92. The number of allylic oxidation sites excluding steroid dienone is 1. The first kappa shape index (κ1) is 15.4. The molecule has 0 aliphatic rings. The van der Waals surface area contributed by atoms with Crippen LogP contribution in [-0.4, -0.2) is 6.61 Å². The second kappa shape index (κ2) is 7.07. The number of hydrogen-bond acceptors (Lipinski definition) is 4. The van der Waals surface area contributed by atoms with E-state index in [1.807, 2.05) is 0 Å². The number of hydrogen-bond donors (Lipinski definition) is 1. The maximum absolute atomic E-state index is 12.3. The zero-order valence-electron chi connectivity index (χ0n) is 9.12. The Kier molecular flexibility index (Phi) is 5.74. The molecule has 1 rings (SSSR count). The van der Waals surface area contributed by atoms with Crippen molar-refractivity contribution in [3.63, 3.8) is 0 Å². The molecule has 8 heteroatoms. The van der Waals surface area contributed by atoms with Crippen molar-refractivity contribution in [3.05, 3.63) is 32.9 Å². The Morgan fingerprint density at radius 2 is 1.95 bits per heavy atom. The SMILES string of the molecule is N#CC(C#N)=CNc1c(Br)cc(Br)cc1OC(F)F. The second-order valence-corrected chi connectivity index (χ2v) is 4.84. The molecule has 0 unspecified atom stereocenters. The molecule has 1 N–H and O–H groups in total. The van der Waals surface area contributed by atoms with Crippen molar-refractivity contribution in [1.82, 2.24) is 0 Å². The Bertz CT molecular complexity index is 575. The molecule has 0 spiro atoms. The molecule has 0 saturated carbocycles. The Morgan fingerprint density at radius 3 is 2.47 bits per heavy atom. The Morgan fingerprint density at radius 1 is 1.32 bits per heavy atom. The summed E-state index contributed by atoms with van der Waals surface area (Å²) in [4.78, 5) is 0. The molecule has 0 atom stereocenters. The van der Waals surface area contributed by atoms with E-state index in [9.17, 15) is 8.78 Å². The number of nitriles is 2. The summed E-state index contributed by atoms with van der Waals surface area (Å²) in [6, 6.07) is 6.22. The molecule has 1 aromatic carbocycles. The van der Waals surface area contributed by atoms with Crippen LogP contribution in [0.2, 0.25) is 0 Å². The lowest BCUT2D eigenvalue weighted by atomic mass is 10.3. The topological polar surface area (TPSA) is 68.8 Å². The molecule has 0 heterocycles. The van der Waals surface area contributed by atoms with Gasteiger partial charge < -0.3 is 10.1 Å². The largest absolute Gasteiger partial charge is 0.433 e. The van der Waals surface area contributed by atoms with Crippen LogP contribution < -0.4 is 10.1 Å². The molecule has 0 aromatic heterocycles. The van der Waals surface area contributed by atoms with Gasteiger partial charge in [-0.05, 0) is 28.1 Å². The van der Waals surface area contributed by atoms with Gasteiger partial charge in [0.15, 0.2) is 5.75 Å². The molecular weight excluding hydrogens is 388 g/mol. The molecule has 19 heavy (non-hydrogen) atoms. The standard InChI is InChI=1S/C11H5Br2F2N3O/c12-7-1-8(13)10(9(2-7)19-11(14)15)18-5-6(3-16)4-17/h1-2,5,11,18H. The summed E-state index contributed by atoms with van der Waals surface area (Å²) in [5, 5.41) is 19.7. The molecule has 0 radical (unpaired) electrons. The summed E-state index contributed by atoms with van der Waals surface area (Å²) in [7, 11) is 0. The zero-order chi connectivity index (χ0) is 14.4. The van der Waals surface area contributed by atoms with E-state index in [4.69, 9.17) is 10.5 Å². The number of anilines is 1. The Hall–Kier alpha value is -1.64. The lowest BCUT2D eigenvalue weighted by Gasteiger charge is -2.13.